The molecule has 0 saturated carbocycles. The molecule has 0 aromatic carbocycles. The normalized spacial score (nSPS) is 12.2. The summed E-state index contributed by atoms with van der Waals surface area (Å²) >= 11 is 0. The first-order valence-electron chi connectivity index (χ1n) is 7.15. The molecule has 23 heavy (non-hydrogen) atoms. The topological polar surface area (TPSA) is 147 Å². The Morgan fingerprint density at radius 1 is 0.913 bits per heavy atom. The third-order valence-electron chi connectivity index (χ3n) is 2.23. The number of carbonyl (C=O) groups is 2. The summed E-state index contributed by atoms with van der Waals surface area (Å²) in [6.07, 6.45) is -0.706. The van der Waals surface area contributed by atoms with E-state index in [2.05, 4.69) is 42.3 Å². The Hall–Kier alpha value is -1.26. The van der Waals surface area contributed by atoms with E-state index in [-0.39, 0.29) is 13.2 Å². The van der Waals surface area contributed by atoms with Gasteiger partial charge in [0, 0.05) is 18.4 Å². The van der Waals surface area contributed by atoms with Gasteiger partial charge in [0.2, 0.25) is 0 Å². The summed E-state index contributed by atoms with van der Waals surface area (Å²) in [5.74, 6) is -3.08. The average Bonchev–Trinajstić information content (AvgIpc) is 2.25. The van der Waals surface area contributed by atoms with Gasteiger partial charge in [0.15, 0.2) is 0 Å². The zero-order valence-corrected chi connectivity index (χ0v) is 15.1. The first-order chi connectivity index (χ1) is 10.2. The lowest BCUT2D eigenvalue weighted by Gasteiger charge is -2.21. The van der Waals surface area contributed by atoms with E-state index < -0.39 is 24.4 Å². The van der Waals surface area contributed by atoms with Crippen molar-refractivity contribution in [3.05, 3.63) is 0 Å². The SMILES string of the molecule is C[N+](C)(C)CCO.C[N+](C)(C)CCO.NC(CC(=O)[O-])C(=O)[O-]. The summed E-state index contributed by atoms with van der Waals surface area (Å²) in [4.78, 5) is 19.3. The van der Waals surface area contributed by atoms with Crippen LogP contribution < -0.4 is 15.9 Å². The fourth-order valence-corrected chi connectivity index (χ4v) is 0.863. The number of carboxylic acid groups (broad SMARTS) is 2. The molecule has 0 fully saturated rings. The first kappa shape index (κ1) is 26.6. The number of carboxylic acids is 2. The molecule has 0 rings (SSSR count). The van der Waals surface area contributed by atoms with Crippen LogP contribution in [0.3, 0.4) is 0 Å². The highest BCUT2D eigenvalue weighted by molar-refractivity contribution is 5.77. The lowest BCUT2D eigenvalue weighted by molar-refractivity contribution is -0.870. The maximum Gasteiger partial charge on any atom is 0.101 e. The molecule has 0 aliphatic heterocycles. The number of nitrogens with zero attached hydrogens (tertiary/aromatic N) is 2. The second kappa shape index (κ2) is 13.2. The van der Waals surface area contributed by atoms with Crippen LogP contribution in [0, 0.1) is 0 Å². The Balaban J connectivity index is -0.000000264. The number of quaternary nitrogens is 2. The predicted molar refractivity (Wildman–Crippen MR) is 82.6 cm³/mol. The number of aliphatic carboxylic acids is 2. The van der Waals surface area contributed by atoms with Gasteiger partial charge in [-0.3, -0.25) is 0 Å². The Kier molecular flexibility index (Phi) is 15.3. The van der Waals surface area contributed by atoms with E-state index in [1.807, 2.05) is 0 Å². The van der Waals surface area contributed by atoms with Crippen LogP contribution in [-0.4, -0.2) is 106 Å². The van der Waals surface area contributed by atoms with Crippen molar-refractivity contribution in [2.24, 2.45) is 5.73 Å². The molecule has 0 aromatic rings. The number of hydrogen-bond acceptors (Lipinski definition) is 7. The average molecular weight is 339 g/mol. The van der Waals surface area contributed by atoms with Gasteiger partial charge in [0.1, 0.15) is 13.1 Å². The molecular formula is C14H33N3O6. The summed E-state index contributed by atoms with van der Waals surface area (Å²) in [5.41, 5.74) is 4.73. The Morgan fingerprint density at radius 3 is 1.26 bits per heavy atom. The Labute approximate surface area is 138 Å². The van der Waals surface area contributed by atoms with Crippen LogP contribution in [-0.2, 0) is 9.59 Å². The Bertz CT molecular complexity index is 307. The van der Waals surface area contributed by atoms with Gasteiger partial charge in [-0.05, 0) is 0 Å². The van der Waals surface area contributed by atoms with Crippen molar-refractivity contribution in [3.8, 4) is 0 Å². The molecule has 1 unspecified atom stereocenters. The van der Waals surface area contributed by atoms with Crippen LogP contribution in [0.15, 0.2) is 0 Å². The minimum atomic E-state index is -1.58. The highest BCUT2D eigenvalue weighted by Gasteiger charge is 2.03. The predicted octanol–water partition coefficient (Wildman–Crippen LogP) is -4.43. The Morgan fingerprint density at radius 2 is 1.22 bits per heavy atom. The van der Waals surface area contributed by atoms with Gasteiger partial charge in [-0.25, -0.2) is 0 Å². The largest absolute Gasteiger partial charge is 0.550 e. The molecule has 4 N–H and O–H groups in total. The molecule has 9 nitrogen and oxygen atoms in total. The van der Waals surface area contributed by atoms with Gasteiger partial charge in [-0.1, -0.05) is 0 Å². The summed E-state index contributed by atoms with van der Waals surface area (Å²) in [5, 5.41) is 36.1. The van der Waals surface area contributed by atoms with E-state index in [4.69, 9.17) is 15.9 Å². The molecule has 9 heteroatoms. The second-order valence-corrected chi connectivity index (χ2v) is 6.98. The van der Waals surface area contributed by atoms with E-state index >= 15 is 0 Å². The monoisotopic (exact) mass is 339 g/mol. The van der Waals surface area contributed by atoms with Crippen LogP contribution >= 0.6 is 0 Å². The van der Waals surface area contributed by atoms with E-state index in [0.717, 1.165) is 22.1 Å². The lowest BCUT2D eigenvalue weighted by Crippen LogP contribution is -2.45. The highest BCUT2D eigenvalue weighted by atomic mass is 16.4. The van der Waals surface area contributed by atoms with Crippen LogP contribution in [0.4, 0.5) is 0 Å². The number of nitrogens with two attached hydrogens (primary N) is 1. The molecule has 0 spiro atoms. The maximum atomic E-state index is 9.71. The van der Waals surface area contributed by atoms with Gasteiger partial charge in [-0.15, -0.1) is 0 Å². The molecule has 0 radical (unpaired) electrons. The molecule has 140 valence electrons. The van der Waals surface area contributed by atoms with Crippen molar-refractivity contribution in [2.45, 2.75) is 12.5 Å². The van der Waals surface area contributed by atoms with Crippen LogP contribution in [0.2, 0.25) is 0 Å². The van der Waals surface area contributed by atoms with E-state index in [1.54, 1.807) is 0 Å². The van der Waals surface area contributed by atoms with Crippen molar-refractivity contribution in [2.75, 3.05) is 68.6 Å². The molecule has 0 aliphatic carbocycles. The van der Waals surface area contributed by atoms with Crippen molar-refractivity contribution >= 4 is 11.9 Å². The van der Waals surface area contributed by atoms with Gasteiger partial charge in [-0.2, -0.15) is 0 Å². The van der Waals surface area contributed by atoms with Gasteiger partial charge in [0.25, 0.3) is 0 Å². The summed E-state index contributed by atoms with van der Waals surface area (Å²) in [6.45, 7) is 2.23. The molecule has 0 bridgehead atoms. The number of likely N-dealkylation sites (N-methyl/N-ethyl adjacent to an activating group) is 2. The quantitative estimate of drug-likeness (QED) is 0.397. The summed E-state index contributed by atoms with van der Waals surface area (Å²) < 4.78 is 1.69. The molecule has 0 aromatic heterocycles. The number of aliphatic hydroxyl groups is 2. The minimum Gasteiger partial charge on any atom is -0.550 e. The van der Waals surface area contributed by atoms with E-state index in [9.17, 15) is 19.8 Å². The number of hydrogen-bond donors (Lipinski definition) is 3. The lowest BCUT2D eigenvalue weighted by atomic mass is 10.2. The fraction of sp³-hybridized carbons (Fsp3) is 0.857. The van der Waals surface area contributed by atoms with Crippen molar-refractivity contribution in [1.82, 2.24) is 0 Å². The molecule has 0 saturated heterocycles. The smallest absolute Gasteiger partial charge is 0.101 e. The number of aliphatic hydroxyl groups excluding tert-OH is 2. The van der Waals surface area contributed by atoms with Gasteiger partial charge >= 0.3 is 0 Å². The van der Waals surface area contributed by atoms with E-state index in [0.29, 0.717) is 0 Å². The fourth-order valence-electron chi connectivity index (χ4n) is 0.863. The zero-order chi connectivity index (χ0) is 19.3. The van der Waals surface area contributed by atoms with Crippen molar-refractivity contribution in [1.29, 1.82) is 0 Å². The first-order valence-corrected chi connectivity index (χ1v) is 7.15. The molecular weight excluding hydrogens is 306 g/mol. The molecule has 0 heterocycles. The number of carbonyl (C=O) groups excluding carboxylic acids is 2. The molecule has 0 amide bonds. The maximum absolute atomic E-state index is 9.71. The molecule has 1 atom stereocenters. The summed E-state index contributed by atoms with van der Waals surface area (Å²) in [7, 11) is 12.3. The number of rotatable bonds is 7. The van der Waals surface area contributed by atoms with Crippen LogP contribution in [0.5, 0.6) is 0 Å². The van der Waals surface area contributed by atoms with Gasteiger partial charge in [0.05, 0.1) is 61.5 Å². The standard InChI is InChI=1S/2C5H14NO.C4H7NO4/c2*1-6(2,3)4-5-7;5-2(4(8)9)1-3(6)7/h2*7H,4-5H2,1-3H3;2H,1,5H2,(H,6,7)(H,8,9)/q2*+1;/p-2. The second-order valence-electron chi connectivity index (χ2n) is 6.98. The summed E-state index contributed by atoms with van der Waals surface area (Å²) in [6, 6.07) is -1.46. The van der Waals surface area contributed by atoms with Crippen molar-refractivity contribution in [3.63, 3.8) is 0 Å². The third-order valence-corrected chi connectivity index (χ3v) is 2.23. The minimum absolute atomic E-state index is 0.281. The van der Waals surface area contributed by atoms with Crippen LogP contribution in [0.1, 0.15) is 6.42 Å². The zero-order valence-electron chi connectivity index (χ0n) is 15.1. The van der Waals surface area contributed by atoms with E-state index in [1.165, 1.54) is 0 Å². The molecule has 0 aliphatic rings. The van der Waals surface area contributed by atoms with Gasteiger partial charge < -0.3 is 44.7 Å². The van der Waals surface area contributed by atoms with Crippen molar-refractivity contribution < 1.29 is 39.0 Å². The highest BCUT2D eigenvalue weighted by Crippen LogP contribution is 1.85. The third kappa shape index (κ3) is 33.5. The van der Waals surface area contributed by atoms with Crippen LogP contribution in [0.25, 0.3) is 0 Å².